The van der Waals surface area contributed by atoms with E-state index in [0.29, 0.717) is 24.1 Å². The van der Waals surface area contributed by atoms with Crippen LogP contribution in [0, 0.1) is 11.8 Å². The summed E-state index contributed by atoms with van der Waals surface area (Å²) in [6.45, 7) is 1.35. The summed E-state index contributed by atoms with van der Waals surface area (Å²) in [4.78, 5) is 64.7. The number of fused-ring (bicyclic) bond motifs is 1. The van der Waals surface area contributed by atoms with Crippen molar-refractivity contribution in [1.29, 1.82) is 0 Å². The van der Waals surface area contributed by atoms with Gasteiger partial charge in [-0.25, -0.2) is 9.59 Å². The van der Waals surface area contributed by atoms with Crippen LogP contribution in [0.25, 0.3) is 0 Å². The topological polar surface area (TPSA) is 119 Å². The number of rotatable bonds is 9. The van der Waals surface area contributed by atoms with Crippen LogP contribution in [0.3, 0.4) is 0 Å². The minimum Gasteiger partial charge on any atom is -0.462 e. The molecule has 1 aliphatic carbocycles. The first-order valence-corrected chi connectivity index (χ1v) is 12.2. The Morgan fingerprint density at radius 2 is 1.54 bits per heavy atom. The zero-order valence-corrected chi connectivity index (χ0v) is 20.4. The maximum Gasteiger partial charge on any atom is 0.338 e. The molecule has 0 spiro atoms. The Balaban J connectivity index is 1.42. The molecule has 1 saturated heterocycles. The number of anilines is 1. The maximum absolute atomic E-state index is 13.2. The van der Waals surface area contributed by atoms with E-state index in [1.807, 2.05) is 18.2 Å². The average molecular weight is 505 g/mol. The third kappa shape index (κ3) is 5.94. The number of ether oxygens (including phenoxy) is 2. The van der Waals surface area contributed by atoms with Crippen molar-refractivity contribution in [2.24, 2.45) is 11.8 Å². The fraction of sp³-hybridized carbons (Fsp3) is 0.321. The van der Waals surface area contributed by atoms with Crippen molar-refractivity contribution in [2.45, 2.75) is 32.2 Å². The minimum atomic E-state index is -1.18. The zero-order valence-electron chi connectivity index (χ0n) is 20.4. The molecule has 0 aromatic heterocycles. The van der Waals surface area contributed by atoms with Crippen molar-refractivity contribution in [3.63, 3.8) is 0 Å². The van der Waals surface area contributed by atoms with Gasteiger partial charge >= 0.3 is 11.9 Å². The monoisotopic (exact) mass is 504 g/mol. The number of amides is 3. The molecule has 1 fully saturated rings. The molecule has 1 aliphatic heterocycles. The smallest absolute Gasteiger partial charge is 0.338 e. The number of benzene rings is 2. The van der Waals surface area contributed by atoms with Crippen LogP contribution in [0.4, 0.5) is 5.69 Å². The summed E-state index contributed by atoms with van der Waals surface area (Å²) in [5.41, 5.74) is 1.49. The van der Waals surface area contributed by atoms with Gasteiger partial charge in [0.05, 0.1) is 24.0 Å². The summed E-state index contributed by atoms with van der Waals surface area (Å²) in [6.07, 6.45) is 4.75. The first kappa shape index (κ1) is 25.8. The molecule has 2 aliphatic rings. The molecule has 0 unspecified atom stereocenters. The number of allylic oxidation sites excluding steroid dienone is 2. The lowest BCUT2D eigenvalue weighted by atomic mass is 9.85. The van der Waals surface area contributed by atoms with E-state index in [1.165, 1.54) is 24.3 Å². The number of hydrogen-bond donors (Lipinski definition) is 1. The Bertz CT molecular complexity index is 1180. The van der Waals surface area contributed by atoms with Gasteiger partial charge in [-0.2, -0.15) is 0 Å². The number of nitrogens with zero attached hydrogens (tertiary/aromatic N) is 1. The molecule has 37 heavy (non-hydrogen) atoms. The van der Waals surface area contributed by atoms with Gasteiger partial charge in [-0.1, -0.05) is 42.5 Å². The number of nitrogens with one attached hydrogen (secondary N) is 1. The number of hydrogen-bond acceptors (Lipinski definition) is 7. The summed E-state index contributed by atoms with van der Waals surface area (Å²) in [7, 11) is 0. The van der Waals surface area contributed by atoms with Crippen LogP contribution < -0.4 is 5.32 Å². The third-order valence-corrected chi connectivity index (χ3v) is 6.42. The van der Waals surface area contributed by atoms with Crippen LogP contribution in [-0.2, 0) is 35.1 Å². The molecule has 9 heteroatoms. The van der Waals surface area contributed by atoms with Gasteiger partial charge in [-0.3, -0.25) is 19.3 Å². The van der Waals surface area contributed by atoms with Gasteiger partial charge in [-0.05, 0) is 49.6 Å². The maximum atomic E-state index is 13.2. The lowest BCUT2D eigenvalue weighted by molar-refractivity contribution is -0.159. The third-order valence-electron chi connectivity index (χ3n) is 6.42. The molecule has 0 saturated carbocycles. The Hall–Kier alpha value is -4.27. The molecule has 0 bridgehead atoms. The molecule has 0 radical (unpaired) electrons. The van der Waals surface area contributed by atoms with Crippen molar-refractivity contribution in [1.82, 2.24) is 4.90 Å². The van der Waals surface area contributed by atoms with Gasteiger partial charge in [0.2, 0.25) is 11.8 Å². The summed E-state index contributed by atoms with van der Waals surface area (Å²) in [6, 6.07) is 13.9. The zero-order chi connectivity index (χ0) is 26.4. The van der Waals surface area contributed by atoms with Crippen LogP contribution in [0.15, 0.2) is 66.7 Å². The summed E-state index contributed by atoms with van der Waals surface area (Å²) >= 11 is 0. The normalized spacial score (nSPS) is 19.2. The highest BCUT2D eigenvalue weighted by Gasteiger charge is 2.51. The first-order valence-electron chi connectivity index (χ1n) is 12.2. The second-order valence-electron chi connectivity index (χ2n) is 8.86. The number of imide groups is 1. The van der Waals surface area contributed by atoms with Gasteiger partial charge in [0.1, 0.15) is 6.04 Å². The SMILES string of the molecule is CCOC(=O)c1ccc(NC(=O)COC(=O)[C@H](Cc2ccccc2)N2C(=O)[C@H]3CC=CC[C@@H]3C2=O)cc1. The van der Waals surface area contributed by atoms with Crippen molar-refractivity contribution in [3.8, 4) is 0 Å². The van der Waals surface area contributed by atoms with E-state index in [4.69, 9.17) is 9.47 Å². The highest BCUT2D eigenvalue weighted by molar-refractivity contribution is 6.08. The second-order valence-corrected chi connectivity index (χ2v) is 8.86. The average Bonchev–Trinajstić information content (AvgIpc) is 3.16. The van der Waals surface area contributed by atoms with E-state index < -0.39 is 42.3 Å². The van der Waals surface area contributed by atoms with E-state index >= 15 is 0 Å². The standard InChI is InChI=1S/C28H28N2O7/c1-2-36-27(34)19-12-14-20(15-13-19)29-24(31)17-37-28(35)23(16-18-8-4-3-5-9-18)30-25(32)21-10-6-7-11-22(21)26(30)33/h3-9,12-15,21-23H,2,10-11,16-17H2,1H3,(H,29,31)/t21-,22-,23-/m0/s1. The fourth-order valence-corrected chi connectivity index (χ4v) is 4.58. The lowest BCUT2D eigenvalue weighted by Crippen LogP contribution is -2.48. The Kier molecular flexibility index (Phi) is 8.12. The van der Waals surface area contributed by atoms with E-state index in [9.17, 15) is 24.0 Å². The van der Waals surface area contributed by atoms with Crippen molar-refractivity contribution in [3.05, 3.63) is 77.9 Å². The largest absolute Gasteiger partial charge is 0.462 e. The summed E-state index contributed by atoms with van der Waals surface area (Å²) in [5.74, 6) is -3.64. The van der Waals surface area contributed by atoms with Crippen LogP contribution in [0.1, 0.15) is 35.7 Å². The van der Waals surface area contributed by atoms with Gasteiger partial charge in [0.15, 0.2) is 6.61 Å². The van der Waals surface area contributed by atoms with Gasteiger partial charge in [0, 0.05) is 12.1 Å². The number of likely N-dealkylation sites (tertiary alicyclic amines) is 1. The van der Waals surface area contributed by atoms with Gasteiger partial charge < -0.3 is 14.8 Å². The number of carbonyl (C=O) groups is 5. The molecule has 192 valence electrons. The van der Waals surface area contributed by atoms with Crippen LogP contribution in [0.2, 0.25) is 0 Å². The molecule has 3 atom stereocenters. The summed E-state index contributed by atoms with van der Waals surface area (Å²) < 4.78 is 10.2. The van der Waals surface area contributed by atoms with Gasteiger partial charge in [0.25, 0.3) is 5.91 Å². The van der Waals surface area contributed by atoms with Crippen LogP contribution >= 0.6 is 0 Å². The molecule has 3 amide bonds. The van der Waals surface area contributed by atoms with Gasteiger partial charge in [-0.15, -0.1) is 0 Å². The highest BCUT2D eigenvalue weighted by atomic mass is 16.5. The first-order chi connectivity index (χ1) is 17.9. The van der Waals surface area contributed by atoms with Crippen LogP contribution in [-0.4, -0.2) is 53.8 Å². The number of carbonyl (C=O) groups excluding carboxylic acids is 5. The Morgan fingerprint density at radius 3 is 2.14 bits per heavy atom. The Labute approximate surface area is 214 Å². The molecule has 2 aromatic rings. The molecular weight excluding hydrogens is 476 g/mol. The van der Waals surface area contributed by atoms with E-state index in [2.05, 4.69) is 5.32 Å². The Morgan fingerprint density at radius 1 is 0.919 bits per heavy atom. The lowest BCUT2D eigenvalue weighted by Gasteiger charge is -2.25. The molecule has 1 N–H and O–H groups in total. The predicted molar refractivity (Wildman–Crippen MR) is 133 cm³/mol. The number of esters is 2. The van der Waals surface area contributed by atoms with Crippen molar-refractivity contribution < 1.29 is 33.4 Å². The molecule has 1 heterocycles. The van der Waals surface area contributed by atoms with E-state index in [0.717, 1.165) is 10.5 Å². The quantitative estimate of drug-likeness (QED) is 0.317. The van der Waals surface area contributed by atoms with Crippen molar-refractivity contribution in [2.75, 3.05) is 18.5 Å². The molecule has 2 aromatic carbocycles. The highest BCUT2D eigenvalue weighted by Crippen LogP contribution is 2.36. The second kappa shape index (κ2) is 11.6. The van der Waals surface area contributed by atoms with Crippen molar-refractivity contribution >= 4 is 35.3 Å². The predicted octanol–water partition coefficient (Wildman–Crippen LogP) is 2.91. The summed E-state index contributed by atoms with van der Waals surface area (Å²) in [5, 5.41) is 2.59. The molecule has 4 rings (SSSR count). The molecular formula is C28H28N2O7. The van der Waals surface area contributed by atoms with E-state index in [1.54, 1.807) is 31.2 Å². The molecule has 9 nitrogen and oxygen atoms in total. The fourth-order valence-electron chi connectivity index (χ4n) is 4.58. The minimum absolute atomic E-state index is 0.0843. The van der Waals surface area contributed by atoms with E-state index in [-0.39, 0.29) is 24.8 Å². The van der Waals surface area contributed by atoms with Crippen LogP contribution in [0.5, 0.6) is 0 Å².